The van der Waals surface area contributed by atoms with Crippen molar-refractivity contribution in [3.8, 4) is 0 Å². The van der Waals surface area contributed by atoms with Crippen LogP contribution in [0.2, 0.25) is 0 Å². The lowest BCUT2D eigenvalue weighted by atomic mass is 10.3. The van der Waals surface area contributed by atoms with Gasteiger partial charge >= 0.3 is 0 Å². The summed E-state index contributed by atoms with van der Waals surface area (Å²) in [6, 6.07) is 3.59. The highest BCUT2D eigenvalue weighted by atomic mass is 16.1. The Morgan fingerprint density at radius 3 is 2.94 bits per heavy atom. The number of carbonyl (C=O) groups is 1. The summed E-state index contributed by atoms with van der Waals surface area (Å²) in [5.41, 5.74) is 1.34. The van der Waals surface area contributed by atoms with Crippen molar-refractivity contribution in [2.24, 2.45) is 0 Å². The van der Waals surface area contributed by atoms with Gasteiger partial charge in [-0.3, -0.25) is 9.78 Å². The number of nitrogens with zero attached hydrogens (tertiary/aromatic N) is 1. The van der Waals surface area contributed by atoms with Crippen LogP contribution in [-0.4, -0.2) is 37.6 Å². The molecule has 3 N–H and O–H groups in total. The Morgan fingerprint density at radius 2 is 2.25 bits per heavy atom. The quantitative estimate of drug-likeness (QED) is 0.612. The van der Waals surface area contributed by atoms with Crippen molar-refractivity contribution in [3.05, 3.63) is 24.0 Å². The van der Waals surface area contributed by atoms with Crippen LogP contribution in [0.5, 0.6) is 0 Å². The Labute approximate surface area is 95.7 Å². The van der Waals surface area contributed by atoms with Crippen molar-refractivity contribution in [1.29, 1.82) is 0 Å². The molecule has 0 fully saturated rings. The molecule has 1 aromatic rings. The predicted octanol–water partition coefficient (Wildman–Crippen LogP) is 0.463. The molecule has 0 aliphatic rings. The van der Waals surface area contributed by atoms with Gasteiger partial charge in [-0.15, -0.1) is 0 Å². The van der Waals surface area contributed by atoms with Gasteiger partial charge < -0.3 is 16.0 Å². The molecule has 0 saturated carbocycles. The van der Waals surface area contributed by atoms with Crippen molar-refractivity contribution in [1.82, 2.24) is 15.6 Å². The van der Waals surface area contributed by atoms with Crippen LogP contribution in [0.4, 0.5) is 5.69 Å². The Hall–Kier alpha value is -1.62. The van der Waals surface area contributed by atoms with Crippen molar-refractivity contribution in [3.63, 3.8) is 0 Å². The number of hydrogen-bond acceptors (Lipinski definition) is 4. The Bertz CT molecular complexity index is 341. The molecular weight excluding hydrogens is 204 g/mol. The number of pyridine rings is 1. The van der Waals surface area contributed by atoms with Crippen LogP contribution in [0, 0.1) is 0 Å². The zero-order valence-electron chi connectivity index (χ0n) is 9.71. The zero-order chi connectivity index (χ0) is 11.8. The topological polar surface area (TPSA) is 66.0 Å². The van der Waals surface area contributed by atoms with Gasteiger partial charge in [-0.2, -0.15) is 0 Å². The van der Waals surface area contributed by atoms with Crippen molar-refractivity contribution >= 4 is 11.6 Å². The number of nitrogens with one attached hydrogen (secondary N) is 3. The van der Waals surface area contributed by atoms with E-state index in [1.54, 1.807) is 19.3 Å². The first-order valence-corrected chi connectivity index (χ1v) is 5.40. The highest BCUT2D eigenvalue weighted by molar-refractivity contribution is 5.92. The maximum Gasteiger partial charge on any atom is 0.269 e. The Morgan fingerprint density at radius 1 is 1.44 bits per heavy atom. The summed E-state index contributed by atoms with van der Waals surface area (Å²) < 4.78 is 0. The maximum absolute atomic E-state index is 11.3. The summed E-state index contributed by atoms with van der Waals surface area (Å²) >= 11 is 0. The highest BCUT2D eigenvalue weighted by Gasteiger charge is 2.04. The number of amides is 1. The molecule has 0 saturated heterocycles. The first-order valence-electron chi connectivity index (χ1n) is 5.40. The van der Waals surface area contributed by atoms with Crippen LogP contribution in [-0.2, 0) is 0 Å². The molecule has 1 amide bonds. The van der Waals surface area contributed by atoms with E-state index in [1.165, 1.54) is 0 Å². The lowest BCUT2D eigenvalue weighted by Crippen LogP contribution is -2.22. The molecule has 0 spiro atoms. The molecular formula is C11H18N4O. The van der Waals surface area contributed by atoms with Gasteiger partial charge in [0.15, 0.2) is 0 Å². The van der Waals surface area contributed by atoms with E-state index in [0.717, 1.165) is 25.3 Å². The van der Waals surface area contributed by atoms with E-state index in [1.807, 2.05) is 6.07 Å². The number of hydrogen-bond donors (Lipinski definition) is 3. The monoisotopic (exact) mass is 222 g/mol. The molecule has 1 aromatic heterocycles. The molecule has 0 atom stereocenters. The fraction of sp³-hybridized carbons (Fsp3) is 0.455. The third-order valence-electron chi connectivity index (χ3n) is 2.10. The van der Waals surface area contributed by atoms with Crippen LogP contribution < -0.4 is 16.0 Å². The minimum atomic E-state index is -0.171. The number of aromatic nitrogens is 1. The van der Waals surface area contributed by atoms with Gasteiger partial charge in [-0.1, -0.05) is 6.92 Å². The molecule has 16 heavy (non-hydrogen) atoms. The minimum Gasteiger partial charge on any atom is -0.384 e. The second-order valence-electron chi connectivity index (χ2n) is 3.29. The van der Waals surface area contributed by atoms with Gasteiger partial charge in [-0.05, 0) is 18.7 Å². The molecule has 0 bridgehead atoms. The fourth-order valence-corrected chi connectivity index (χ4v) is 1.26. The van der Waals surface area contributed by atoms with Gasteiger partial charge in [-0.25, -0.2) is 0 Å². The van der Waals surface area contributed by atoms with Crippen LogP contribution in [0.3, 0.4) is 0 Å². The van der Waals surface area contributed by atoms with Gasteiger partial charge in [0.1, 0.15) is 5.69 Å². The molecule has 5 heteroatoms. The number of likely N-dealkylation sites (N-methyl/N-ethyl adjacent to an activating group) is 1. The SMILES string of the molecule is CCNCCNc1ccnc(C(=O)NC)c1. The van der Waals surface area contributed by atoms with Crippen LogP contribution >= 0.6 is 0 Å². The summed E-state index contributed by atoms with van der Waals surface area (Å²) in [6.45, 7) is 4.75. The molecule has 1 heterocycles. The van der Waals surface area contributed by atoms with Gasteiger partial charge in [0.2, 0.25) is 0 Å². The van der Waals surface area contributed by atoms with Gasteiger partial charge in [0.25, 0.3) is 5.91 Å². The third-order valence-corrected chi connectivity index (χ3v) is 2.10. The lowest BCUT2D eigenvalue weighted by molar-refractivity contribution is 0.0958. The maximum atomic E-state index is 11.3. The Kier molecular flexibility index (Phi) is 5.28. The first kappa shape index (κ1) is 12.4. The smallest absolute Gasteiger partial charge is 0.269 e. The molecule has 0 aliphatic carbocycles. The number of carbonyl (C=O) groups excluding carboxylic acids is 1. The van der Waals surface area contributed by atoms with Crippen molar-refractivity contribution in [2.45, 2.75) is 6.92 Å². The van der Waals surface area contributed by atoms with Gasteiger partial charge in [0, 0.05) is 32.0 Å². The molecule has 1 rings (SSSR count). The first-order chi connectivity index (χ1) is 7.77. The fourth-order valence-electron chi connectivity index (χ4n) is 1.26. The summed E-state index contributed by atoms with van der Waals surface area (Å²) in [5.74, 6) is -0.171. The standard InChI is InChI=1S/C11H18N4O/c1-3-13-6-7-14-9-4-5-15-10(8-9)11(16)12-2/h4-5,8,13H,3,6-7H2,1-2H3,(H,12,16)(H,14,15). The third kappa shape index (κ3) is 3.86. The van der Waals surface area contributed by atoms with Crippen LogP contribution in [0.25, 0.3) is 0 Å². The van der Waals surface area contributed by atoms with E-state index in [-0.39, 0.29) is 5.91 Å². The number of rotatable bonds is 6. The molecule has 0 aromatic carbocycles. The molecule has 5 nitrogen and oxygen atoms in total. The Balaban J connectivity index is 2.50. The normalized spacial score (nSPS) is 9.88. The van der Waals surface area contributed by atoms with E-state index in [0.29, 0.717) is 5.69 Å². The second kappa shape index (κ2) is 6.79. The number of anilines is 1. The highest BCUT2D eigenvalue weighted by Crippen LogP contribution is 2.06. The predicted molar refractivity (Wildman–Crippen MR) is 64.7 cm³/mol. The van der Waals surface area contributed by atoms with E-state index in [4.69, 9.17) is 0 Å². The van der Waals surface area contributed by atoms with E-state index in [2.05, 4.69) is 27.9 Å². The molecule has 88 valence electrons. The van der Waals surface area contributed by atoms with E-state index < -0.39 is 0 Å². The summed E-state index contributed by atoms with van der Waals surface area (Å²) in [7, 11) is 1.59. The average Bonchev–Trinajstić information content (AvgIpc) is 2.34. The zero-order valence-corrected chi connectivity index (χ0v) is 9.71. The van der Waals surface area contributed by atoms with Gasteiger partial charge in [0.05, 0.1) is 0 Å². The molecule has 0 unspecified atom stereocenters. The lowest BCUT2D eigenvalue weighted by Gasteiger charge is -2.07. The summed E-state index contributed by atoms with van der Waals surface area (Å²) in [6.07, 6.45) is 1.63. The molecule has 0 aliphatic heterocycles. The molecule has 0 radical (unpaired) electrons. The van der Waals surface area contributed by atoms with Crippen LogP contribution in [0.1, 0.15) is 17.4 Å². The van der Waals surface area contributed by atoms with E-state index in [9.17, 15) is 4.79 Å². The summed E-state index contributed by atoms with van der Waals surface area (Å²) in [4.78, 5) is 15.3. The van der Waals surface area contributed by atoms with Crippen molar-refractivity contribution < 1.29 is 4.79 Å². The largest absolute Gasteiger partial charge is 0.384 e. The van der Waals surface area contributed by atoms with Crippen LogP contribution in [0.15, 0.2) is 18.3 Å². The second-order valence-corrected chi connectivity index (χ2v) is 3.29. The minimum absolute atomic E-state index is 0.171. The van der Waals surface area contributed by atoms with E-state index >= 15 is 0 Å². The average molecular weight is 222 g/mol. The summed E-state index contributed by atoms with van der Waals surface area (Å²) in [5, 5.41) is 8.97. The van der Waals surface area contributed by atoms with Crippen molar-refractivity contribution in [2.75, 3.05) is 32.0 Å².